The molecule has 0 saturated carbocycles. The van der Waals surface area contributed by atoms with Crippen LogP contribution in [-0.2, 0) is 4.74 Å². The minimum Gasteiger partial charge on any atom is -0.480 e. The third kappa shape index (κ3) is 3.24. The molecule has 0 atom stereocenters. The summed E-state index contributed by atoms with van der Waals surface area (Å²) >= 11 is 1.66. The molecule has 0 saturated heterocycles. The van der Waals surface area contributed by atoms with Crippen LogP contribution < -0.4 is 4.74 Å². The van der Waals surface area contributed by atoms with Gasteiger partial charge in [-0.1, -0.05) is 0 Å². The van der Waals surface area contributed by atoms with Gasteiger partial charge in [-0.3, -0.25) is 0 Å². The molecular weight excluding hydrogens is 347 g/mol. The van der Waals surface area contributed by atoms with Gasteiger partial charge in [0.05, 0.1) is 19.3 Å². The van der Waals surface area contributed by atoms with Crippen molar-refractivity contribution in [2.75, 3.05) is 13.7 Å². The molecule has 0 bridgehead atoms. The Morgan fingerprint density at radius 1 is 1.59 bits per heavy atom. The molecule has 0 aliphatic rings. The smallest absolute Gasteiger partial charge is 0.343 e. The van der Waals surface area contributed by atoms with Crippen molar-refractivity contribution in [3.8, 4) is 5.88 Å². The minimum absolute atomic E-state index is 0.0164. The third-order valence-electron chi connectivity index (χ3n) is 1.89. The maximum absolute atomic E-state index is 12.7. The summed E-state index contributed by atoms with van der Waals surface area (Å²) < 4.78 is 35.0. The zero-order valence-electron chi connectivity index (χ0n) is 9.17. The second-order valence-electron chi connectivity index (χ2n) is 2.95. The minimum atomic E-state index is -2.70. The number of alkyl halides is 2. The van der Waals surface area contributed by atoms with Crippen molar-refractivity contribution in [2.45, 2.75) is 13.3 Å². The fourth-order valence-electron chi connectivity index (χ4n) is 1.15. The number of carbonyl (C=O) groups excluding carboxylic acids is 1. The van der Waals surface area contributed by atoms with Crippen LogP contribution >= 0.6 is 22.6 Å². The number of halogens is 3. The standard InChI is InChI=1S/C10H10F2INO3/c1-3-17-10(15)6-4-5(7(11)12)8(13)14-9(6)16-2/h4,7H,3H2,1-2H3. The average molecular weight is 357 g/mol. The van der Waals surface area contributed by atoms with Crippen molar-refractivity contribution in [1.29, 1.82) is 0 Å². The van der Waals surface area contributed by atoms with Gasteiger partial charge in [-0.2, -0.15) is 0 Å². The summed E-state index contributed by atoms with van der Waals surface area (Å²) in [5, 5.41) is 0. The number of methoxy groups -OCH3 is 1. The normalized spacial score (nSPS) is 10.5. The molecular formula is C10H10F2INO3. The molecule has 0 fully saturated rings. The lowest BCUT2D eigenvalue weighted by Gasteiger charge is -2.10. The molecule has 0 aliphatic carbocycles. The van der Waals surface area contributed by atoms with E-state index in [4.69, 9.17) is 9.47 Å². The number of aromatic nitrogens is 1. The van der Waals surface area contributed by atoms with E-state index in [-0.39, 0.29) is 27.3 Å². The van der Waals surface area contributed by atoms with Gasteiger partial charge in [0.1, 0.15) is 9.26 Å². The lowest BCUT2D eigenvalue weighted by Crippen LogP contribution is -2.10. The van der Waals surface area contributed by atoms with Crippen LogP contribution in [-0.4, -0.2) is 24.7 Å². The Kier molecular flexibility index (Phi) is 5.03. The Bertz CT molecular complexity index is 426. The lowest BCUT2D eigenvalue weighted by atomic mass is 10.2. The van der Waals surface area contributed by atoms with Crippen LogP contribution in [0.3, 0.4) is 0 Å². The van der Waals surface area contributed by atoms with Crippen LogP contribution in [0.5, 0.6) is 5.88 Å². The molecule has 4 nitrogen and oxygen atoms in total. The Balaban J connectivity index is 3.26. The Morgan fingerprint density at radius 3 is 2.71 bits per heavy atom. The van der Waals surface area contributed by atoms with E-state index in [0.29, 0.717) is 0 Å². The van der Waals surface area contributed by atoms with E-state index in [1.807, 2.05) is 0 Å². The summed E-state index contributed by atoms with van der Waals surface area (Å²) in [4.78, 5) is 15.3. The highest BCUT2D eigenvalue weighted by molar-refractivity contribution is 14.1. The van der Waals surface area contributed by atoms with Crippen LogP contribution in [0.4, 0.5) is 8.78 Å². The molecule has 0 aliphatic heterocycles. The number of rotatable bonds is 4. The number of carbonyl (C=O) groups is 1. The summed E-state index contributed by atoms with van der Waals surface area (Å²) in [6, 6.07) is 1.05. The first kappa shape index (κ1) is 14.1. The molecule has 0 spiro atoms. The van der Waals surface area contributed by atoms with Crippen LogP contribution in [0.15, 0.2) is 6.07 Å². The largest absolute Gasteiger partial charge is 0.480 e. The summed E-state index contributed by atoms with van der Waals surface area (Å²) in [7, 11) is 1.31. The fraction of sp³-hybridized carbons (Fsp3) is 0.400. The van der Waals surface area contributed by atoms with Crippen molar-refractivity contribution in [3.05, 3.63) is 20.9 Å². The third-order valence-corrected chi connectivity index (χ3v) is 2.76. The number of hydrogen-bond acceptors (Lipinski definition) is 4. The highest BCUT2D eigenvalue weighted by Crippen LogP contribution is 2.28. The first-order valence-electron chi connectivity index (χ1n) is 4.71. The maximum Gasteiger partial charge on any atom is 0.343 e. The molecule has 1 aromatic heterocycles. The molecule has 1 aromatic rings. The van der Waals surface area contributed by atoms with Crippen molar-refractivity contribution in [2.24, 2.45) is 0 Å². The van der Waals surface area contributed by atoms with E-state index in [2.05, 4.69) is 4.98 Å². The highest BCUT2D eigenvalue weighted by atomic mass is 127. The first-order chi connectivity index (χ1) is 8.01. The van der Waals surface area contributed by atoms with Crippen molar-refractivity contribution >= 4 is 28.6 Å². The predicted octanol–water partition coefficient (Wildman–Crippen LogP) is 2.81. The van der Waals surface area contributed by atoms with Crippen LogP contribution in [0, 0.1) is 3.70 Å². The summed E-state index contributed by atoms with van der Waals surface area (Å²) in [5.74, 6) is -0.743. The van der Waals surface area contributed by atoms with Crippen molar-refractivity contribution in [1.82, 2.24) is 4.98 Å². The van der Waals surface area contributed by atoms with Crippen LogP contribution in [0.25, 0.3) is 0 Å². The van der Waals surface area contributed by atoms with Gasteiger partial charge in [0.2, 0.25) is 5.88 Å². The predicted molar refractivity (Wildman–Crippen MR) is 64.4 cm³/mol. The average Bonchev–Trinajstić information content (AvgIpc) is 2.28. The SMILES string of the molecule is CCOC(=O)c1cc(C(F)F)c(I)nc1OC. The molecule has 0 aromatic carbocycles. The van der Waals surface area contributed by atoms with E-state index in [9.17, 15) is 13.6 Å². The molecule has 0 amide bonds. The fourth-order valence-corrected chi connectivity index (χ4v) is 1.76. The van der Waals surface area contributed by atoms with Crippen LogP contribution in [0.2, 0.25) is 0 Å². The summed E-state index contributed by atoms with van der Waals surface area (Å²) in [5.41, 5.74) is -0.403. The second-order valence-corrected chi connectivity index (χ2v) is 3.97. The molecule has 1 rings (SSSR count). The molecule has 17 heavy (non-hydrogen) atoms. The summed E-state index contributed by atoms with van der Waals surface area (Å²) in [6.45, 7) is 1.77. The molecule has 7 heteroatoms. The quantitative estimate of drug-likeness (QED) is 0.473. The monoisotopic (exact) mass is 357 g/mol. The van der Waals surface area contributed by atoms with Crippen molar-refractivity contribution < 1.29 is 23.0 Å². The molecule has 1 heterocycles. The molecule has 94 valence electrons. The van der Waals surface area contributed by atoms with Gasteiger partial charge < -0.3 is 9.47 Å². The van der Waals surface area contributed by atoms with Gasteiger partial charge in [-0.25, -0.2) is 18.6 Å². The summed E-state index contributed by atoms with van der Waals surface area (Å²) in [6.07, 6.45) is -2.70. The molecule has 0 unspecified atom stereocenters. The lowest BCUT2D eigenvalue weighted by molar-refractivity contribution is 0.0521. The second kappa shape index (κ2) is 6.08. The number of pyridine rings is 1. The maximum atomic E-state index is 12.7. The number of hydrogen-bond donors (Lipinski definition) is 0. The van der Waals surface area contributed by atoms with Gasteiger partial charge in [-0.05, 0) is 35.6 Å². The van der Waals surface area contributed by atoms with E-state index in [1.165, 1.54) is 7.11 Å². The first-order valence-corrected chi connectivity index (χ1v) is 5.78. The zero-order valence-corrected chi connectivity index (χ0v) is 11.3. The Morgan fingerprint density at radius 2 is 2.24 bits per heavy atom. The highest BCUT2D eigenvalue weighted by Gasteiger charge is 2.22. The van der Waals surface area contributed by atoms with Gasteiger partial charge >= 0.3 is 5.97 Å². The number of ether oxygens (including phenoxy) is 2. The van der Waals surface area contributed by atoms with Gasteiger partial charge in [-0.15, -0.1) is 0 Å². The van der Waals surface area contributed by atoms with Crippen molar-refractivity contribution in [3.63, 3.8) is 0 Å². The molecule has 0 radical (unpaired) electrons. The number of nitrogens with zero attached hydrogens (tertiary/aromatic N) is 1. The van der Waals surface area contributed by atoms with Gasteiger partial charge in [0, 0.05) is 0 Å². The Hall–Kier alpha value is -0.990. The van der Waals surface area contributed by atoms with E-state index in [1.54, 1.807) is 29.5 Å². The zero-order chi connectivity index (χ0) is 13.0. The van der Waals surface area contributed by atoms with Gasteiger partial charge in [0.25, 0.3) is 6.43 Å². The van der Waals surface area contributed by atoms with Gasteiger partial charge in [0.15, 0.2) is 0 Å². The molecule has 0 N–H and O–H groups in total. The van der Waals surface area contributed by atoms with E-state index >= 15 is 0 Å². The Labute approximate surface area is 110 Å². The van der Waals surface area contributed by atoms with Crippen LogP contribution in [0.1, 0.15) is 29.3 Å². The van der Waals surface area contributed by atoms with E-state index < -0.39 is 12.4 Å². The topological polar surface area (TPSA) is 48.4 Å². The number of esters is 1. The van der Waals surface area contributed by atoms with E-state index in [0.717, 1.165) is 6.07 Å².